The molecule has 164 valence electrons. The quantitative estimate of drug-likeness (QED) is 0.418. The van der Waals surface area contributed by atoms with E-state index >= 15 is 0 Å². The van der Waals surface area contributed by atoms with Gasteiger partial charge in [-0.3, -0.25) is 9.59 Å². The summed E-state index contributed by atoms with van der Waals surface area (Å²) in [6, 6.07) is 12.0. The summed E-state index contributed by atoms with van der Waals surface area (Å²) in [7, 11) is 4.05. The van der Waals surface area contributed by atoms with E-state index in [1.807, 2.05) is 38.4 Å². The van der Waals surface area contributed by atoms with E-state index in [1.54, 1.807) is 0 Å². The maximum atomic E-state index is 13.3. The van der Waals surface area contributed by atoms with Gasteiger partial charge in [0.25, 0.3) is 5.91 Å². The van der Waals surface area contributed by atoms with Crippen molar-refractivity contribution in [3.05, 3.63) is 76.6 Å². The molecule has 0 aliphatic carbocycles. The van der Waals surface area contributed by atoms with Gasteiger partial charge in [0.1, 0.15) is 5.82 Å². The third-order valence-electron chi connectivity index (χ3n) is 5.63. The molecule has 2 aromatic rings. The largest absolute Gasteiger partial charge is 0.872 e. The minimum Gasteiger partial charge on any atom is -0.872 e. The Balaban J connectivity index is 2.08. The molecule has 1 amide bonds. The number of carbonyl (C=O) groups is 2. The Labute approximate surface area is 182 Å². The first-order valence-electron chi connectivity index (χ1n) is 10.6. The van der Waals surface area contributed by atoms with Crippen LogP contribution >= 0.6 is 0 Å². The number of hydrogen-bond acceptors (Lipinski definition) is 3. The highest BCUT2D eigenvalue weighted by molar-refractivity contribution is 6.46. The van der Waals surface area contributed by atoms with Crippen LogP contribution in [0.1, 0.15) is 48.9 Å². The average molecular weight is 425 g/mol. The molecule has 2 aromatic carbocycles. The van der Waals surface area contributed by atoms with Crippen LogP contribution in [0.5, 0.6) is 0 Å². The SMILES string of the molecule is CC(C)c1ccc(C2C(=C([O-])c3ccc(F)cc3)C(=O)C(=O)N2CCC[NH+](C)C)cc1. The predicted octanol–water partition coefficient (Wildman–Crippen LogP) is 1.71. The summed E-state index contributed by atoms with van der Waals surface area (Å²) in [4.78, 5) is 28.5. The van der Waals surface area contributed by atoms with Crippen LogP contribution in [0.3, 0.4) is 0 Å². The summed E-state index contributed by atoms with van der Waals surface area (Å²) in [5, 5.41) is 13.2. The molecule has 0 spiro atoms. The predicted molar refractivity (Wildman–Crippen MR) is 116 cm³/mol. The number of nitrogens with one attached hydrogen (secondary N) is 1. The molecule has 6 heteroatoms. The van der Waals surface area contributed by atoms with Gasteiger partial charge in [0.15, 0.2) is 0 Å². The van der Waals surface area contributed by atoms with E-state index in [2.05, 4.69) is 13.8 Å². The van der Waals surface area contributed by atoms with Crippen molar-refractivity contribution in [2.45, 2.75) is 32.2 Å². The molecule has 1 fully saturated rings. The summed E-state index contributed by atoms with van der Waals surface area (Å²) in [5.41, 5.74) is 1.99. The first kappa shape index (κ1) is 22.7. The molecular formula is C25H29FN2O3. The summed E-state index contributed by atoms with van der Waals surface area (Å²) in [6.07, 6.45) is 0.708. The number of amides is 1. The van der Waals surface area contributed by atoms with Gasteiger partial charge in [0, 0.05) is 18.5 Å². The van der Waals surface area contributed by atoms with Gasteiger partial charge < -0.3 is 14.9 Å². The molecule has 1 unspecified atom stereocenters. The van der Waals surface area contributed by atoms with E-state index in [0.717, 1.165) is 17.7 Å². The number of ketones is 1. The molecule has 3 rings (SSSR count). The van der Waals surface area contributed by atoms with Crippen molar-refractivity contribution in [3.8, 4) is 0 Å². The maximum Gasteiger partial charge on any atom is 0.295 e. The third kappa shape index (κ3) is 4.85. The lowest BCUT2D eigenvalue weighted by atomic mass is 9.93. The highest BCUT2D eigenvalue weighted by Gasteiger charge is 2.43. The fourth-order valence-electron chi connectivity index (χ4n) is 3.87. The lowest BCUT2D eigenvalue weighted by Gasteiger charge is -2.28. The van der Waals surface area contributed by atoms with Crippen molar-refractivity contribution in [2.24, 2.45) is 0 Å². The van der Waals surface area contributed by atoms with E-state index in [-0.39, 0.29) is 11.1 Å². The number of carbonyl (C=O) groups excluding carboxylic acids is 2. The van der Waals surface area contributed by atoms with Gasteiger partial charge in [-0.05, 0) is 34.7 Å². The zero-order chi connectivity index (χ0) is 22.7. The van der Waals surface area contributed by atoms with Gasteiger partial charge in [-0.25, -0.2) is 4.39 Å². The van der Waals surface area contributed by atoms with Crippen LogP contribution in [-0.4, -0.2) is 43.8 Å². The lowest BCUT2D eigenvalue weighted by Crippen LogP contribution is -3.05. The minimum absolute atomic E-state index is 0.0638. The van der Waals surface area contributed by atoms with Gasteiger partial charge in [0.05, 0.1) is 26.7 Å². The Bertz CT molecular complexity index is 979. The monoisotopic (exact) mass is 424 g/mol. The number of hydrogen-bond donors (Lipinski definition) is 1. The van der Waals surface area contributed by atoms with Crippen LogP contribution in [0, 0.1) is 5.82 Å². The van der Waals surface area contributed by atoms with E-state index in [0.29, 0.717) is 18.9 Å². The molecule has 5 nitrogen and oxygen atoms in total. The lowest BCUT2D eigenvalue weighted by molar-refractivity contribution is -0.858. The highest BCUT2D eigenvalue weighted by atomic mass is 19.1. The smallest absolute Gasteiger partial charge is 0.295 e. The molecule has 1 heterocycles. The molecule has 1 saturated heterocycles. The summed E-state index contributed by atoms with van der Waals surface area (Å²) in [5.74, 6) is -2.09. The fraction of sp³-hybridized carbons (Fsp3) is 0.360. The van der Waals surface area contributed by atoms with Crippen LogP contribution in [0.2, 0.25) is 0 Å². The molecule has 31 heavy (non-hydrogen) atoms. The average Bonchev–Trinajstić information content (AvgIpc) is 2.98. The molecule has 0 bridgehead atoms. The third-order valence-corrected chi connectivity index (χ3v) is 5.63. The van der Waals surface area contributed by atoms with Crippen LogP contribution in [0.25, 0.3) is 5.76 Å². The first-order chi connectivity index (χ1) is 14.7. The molecule has 0 saturated carbocycles. The van der Waals surface area contributed by atoms with Crippen molar-refractivity contribution < 1.29 is 24.0 Å². The minimum atomic E-state index is -0.774. The Morgan fingerprint density at radius 2 is 1.68 bits per heavy atom. The second kappa shape index (κ2) is 9.43. The maximum absolute atomic E-state index is 13.3. The Hall–Kier alpha value is -2.99. The normalized spacial score (nSPS) is 18.4. The molecular weight excluding hydrogens is 395 g/mol. The van der Waals surface area contributed by atoms with Gasteiger partial charge >= 0.3 is 0 Å². The first-order valence-corrected chi connectivity index (χ1v) is 10.6. The zero-order valence-electron chi connectivity index (χ0n) is 18.4. The van der Waals surface area contributed by atoms with Gasteiger partial charge in [0.2, 0.25) is 5.78 Å². The number of nitrogens with zero attached hydrogens (tertiary/aromatic N) is 1. The number of quaternary nitrogens is 1. The number of rotatable bonds is 7. The topological polar surface area (TPSA) is 64.9 Å². The van der Waals surface area contributed by atoms with Crippen molar-refractivity contribution in [1.82, 2.24) is 4.90 Å². The molecule has 1 atom stereocenters. The second-order valence-electron chi connectivity index (χ2n) is 8.61. The van der Waals surface area contributed by atoms with Crippen molar-refractivity contribution in [2.75, 3.05) is 27.2 Å². The number of Topliss-reactive ketones (excluding diaryl/α,β-unsaturated/α-hetero) is 1. The molecule has 1 aliphatic heterocycles. The van der Waals surface area contributed by atoms with Crippen LogP contribution in [-0.2, 0) is 9.59 Å². The number of benzene rings is 2. The van der Waals surface area contributed by atoms with Gasteiger partial charge in [-0.2, -0.15) is 0 Å². The van der Waals surface area contributed by atoms with Crippen molar-refractivity contribution in [3.63, 3.8) is 0 Å². The summed E-state index contributed by atoms with van der Waals surface area (Å²) < 4.78 is 13.3. The summed E-state index contributed by atoms with van der Waals surface area (Å²) >= 11 is 0. The molecule has 1 N–H and O–H groups in total. The Morgan fingerprint density at radius 1 is 1.06 bits per heavy atom. The van der Waals surface area contributed by atoms with E-state index in [4.69, 9.17) is 0 Å². The van der Waals surface area contributed by atoms with Crippen LogP contribution < -0.4 is 10.0 Å². The van der Waals surface area contributed by atoms with E-state index in [1.165, 1.54) is 34.1 Å². The van der Waals surface area contributed by atoms with Crippen molar-refractivity contribution in [1.29, 1.82) is 0 Å². The van der Waals surface area contributed by atoms with Crippen LogP contribution in [0.4, 0.5) is 4.39 Å². The Kier molecular flexibility index (Phi) is 6.91. The van der Waals surface area contributed by atoms with Gasteiger partial charge in [-0.1, -0.05) is 56.0 Å². The van der Waals surface area contributed by atoms with Crippen molar-refractivity contribution >= 4 is 17.4 Å². The van der Waals surface area contributed by atoms with Crippen LogP contribution in [0.15, 0.2) is 54.1 Å². The standard InChI is InChI=1S/C25H29FN2O3/c1-16(2)17-6-8-18(9-7-17)22-21(23(29)19-10-12-20(26)13-11-19)24(30)25(31)28(22)15-5-14-27(3)4/h6-13,16,22,29H,5,14-15H2,1-4H3. The number of likely N-dealkylation sites (tertiary alicyclic amines) is 1. The fourth-order valence-corrected chi connectivity index (χ4v) is 3.87. The zero-order valence-corrected chi connectivity index (χ0v) is 18.4. The number of halogens is 1. The summed E-state index contributed by atoms with van der Waals surface area (Å²) in [6.45, 7) is 5.39. The van der Waals surface area contributed by atoms with Gasteiger partial charge in [-0.15, -0.1) is 0 Å². The van der Waals surface area contributed by atoms with E-state index < -0.39 is 29.3 Å². The molecule has 0 aromatic heterocycles. The Morgan fingerprint density at radius 3 is 2.23 bits per heavy atom. The molecule has 1 aliphatic rings. The highest BCUT2D eigenvalue weighted by Crippen LogP contribution is 2.39. The molecule has 0 radical (unpaired) electrons. The van der Waals surface area contributed by atoms with E-state index in [9.17, 15) is 19.1 Å². The second-order valence-corrected chi connectivity index (χ2v) is 8.61.